The van der Waals surface area contributed by atoms with E-state index in [9.17, 15) is 14.3 Å². The molecule has 0 bridgehead atoms. The van der Waals surface area contributed by atoms with E-state index >= 15 is 0 Å². The van der Waals surface area contributed by atoms with E-state index in [-0.39, 0.29) is 31.5 Å². The number of nitrogens with two attached hydrogens (primary N) is 1. The number of methoxy groups -OCH3 is 2. The maximum atomic E-state index is 14.2. The molecule has 0 spiro atoms. The van der Waals surface area contributed by atoms with E-state index in [0.717, 1.165) is 49.4 Å². The fourth-order valence-corrected chi connectivity index (χ4v) is 7.15. The summed E-state index contributed by atoms with van der Waals surface area (Å²) in [6.07, 6.45) is 2.04. The monoisotopic (exact) mass is 551 g/mol. The topological polar surface area (TPSA) is 90.0 Å². The molecule has 4 aromatic rings. The van der Waals surface area contributed by atoms with Crippen LogP contribution >= 0.6 is 11.3 Å². The van der Waals surface area contributed by atoms with Gasteiger partial charge in [0.2, 0.25) is 0 Å². The molecule has 7 nitrogen and oxygen atoms in total. The number of halogens is 1. The molecule has 3 heterocycles. The van der Waals surface area contributed by atoms with Crippen LogP contribution in [0, 0.1) is 5.92 Å². The number of ether oxygens (including phenoxy) is 2. The molecule has 3 N–H and O–H groups in total. The van der Waals surface area contributed by atoms with Gasteiger partial charge in [-0.25, -0.2) is 4.39 Å². The Morgan fingerprint density at radius 3 is 2.67 bits per heavy atom. The van der Waals surface area contributed by atoms with Gasteiger partial charge in [0.25, 0.3) is 5.91 Å². The smallest absolute Gasteiger partial charge is 0.254 e. The first-order valence-electron chi connectivity index (χ1n) is 13.5. The predicted molar refractivity (Wildman–Crippen MR) is 153 cm³/mol. The van der Waals surface area contributed by atoms with Crippen molar-refractivity contribution in [2.45, 2.75) is 44.4 Å². The summed E-state index contributed by atoms with van der Waals surface area (Å²) in [6, 6.07) is 11.6. The van der Waals surface area contributed by atoms with E-state index in [4.69, 9.17) is 15.2 Å². The fraction of sp³-hybridized carbons (Fsp3) is 0.433. The summed E-state index contributed by atoms with van der Waals surface area (Å²) in [5, 5.41) is 12.1. The number of carbonyl (C=O) groups is 1. The standard InChI is InChI=1S/C30H34FN3O4S/c1-37-22-6-5-18-9-25(34(24(18)13-22)14-17-3-4-17)29-23(7-8-35)28-26(38-2)10-19(11-27(28)39-29)30(36)33-15-20(31)12-21(32)16-33/h5-6,9-11,13,17,20-21,35H,3-4,7-8,12,14-16,32H2,1-2H3/t20-,21-/m1/s1. The summed E-state index contributed by atoms with van der Waals surface area (Å²) in [4.78, 5) is 16.0. The molecule has 1 aliphatic carbocycles. The number of hydrogen-bond acceptors (Lipinski definition) is 6. The molecule has 2 aromatic heterocycles. The zero-order chi connectivity index (χ0) is 27.3. The van der Waals surface area contributed by atoms with Gasteiger partial charge in [0.15, 0.2) is 0 Å². The molecule has 6 rings (SSSR count). The highest BCUT2D eigenvalue weighted by molar-refractivity contribution is 7.22. The number of likely N-dealkylation sites (tertiary alicyclic amines) is 1. The van der Waals surface area contributed by atoms with Crippen molar-refractivity contribution in [1.29, 1.82) is 0 Å². The summed E-state index contributed by atoms with van der Waals surface area (Å²) in [5.74, 6) is 1.79. The second-order valence-corrected chi connectivity index (χ2v) is 11.8. The Labute approximate surface area is 230 Å². The van der Waals surface area contributed by atoms with Crippen LogP contribution in [0.15, 0.2) is 36.4 Å². The zero-order valence-corrected chi connectivity index (χ0v) is 23.1. The Morgan fingerprint density at radius 1 is 1.15 bits per heavy atom. The first kappa shape index (κ1) is 26.1. The Kier molecular flexibility index (Phi) is 6.99. The molecular weight excluding hydrogens is 517 g/mol. The number of thiophene rings is 1. The second kappa shape index (κ2) is 10.4. The Bertz CT molecular complexity index is 1530. The SMILES string of the molecule is COc1ccc2cc(-c3sc4cc(C(=O)N5C[C@H](N)C[C@@H](F)C5)cc(OC)c4c3CCO)n(CC3CC3)c2c1. The molecule has 2 aromatic carbocycles. The molecule has 39 heavy (non-hydrogen) atoms. The summed E-state index contributed by atoms with van der Waals surface area (Å²) < 4.78 is 28.8. The number of aliphatic hydroxyl groups is 1. The molecule has 0 radical (unpaired) electrons. The summed E-state index contributed by atoms with van der Waals surface area (Å²) in [6.45, 7) is 1.28. The summed E-state index contributed by atoms with van der Waals surface area (Å²) in [5.41, 5.74) is 9.68. The number of hydrogen-bond donors (Lipinski definition) is 2. The van der Waals surface area contributed by atoms with Crippen LogP contribution in [0.1, 0.15) is 35.2 Å². The number of aliphatic hydroxyl groups excluding tert-OH is 1. The molecule has 2 atom stereocenters. The number of carbonyl (C=O) groups excluding carboxylic acids is 1. The predicted octanol–water partition coefficient (Wildman–Crippen LogP) is 5.00. The van der Waals surface area contributed by atoms with Crippen LogP contribution in [0.25, 0.3) is 31.6 Å². The van der Waals surface area contributed by atoms with E-state index in [0.29, 0.717) is 30.2 Å². The van der Waals surface area contributed by atoms with Gasteiger partial charge in [-0.15, -0.1) is 11.3 Å². The van der Waals surface area contributed by atoms with Gasteiger partial charge in [0.1, 0.15) is 17.7 Å². The lowest BCUT2D eigenvalue weighted by Gasteiger charge is -2.33. The van der Waals surface area contributed by atoms with Crippen LogP contribution < -0.4 is 15.2 Å². The molecule has 2 aliphatic rings. The fourth-order valence-electron chi connectivity index (χ4n) is 5.82. The van der Waals surface area contributed by atoms with E-state index in [1.165, 1.54) is 17.7 Å². The lowest BCUT2D eigenvalue weighted by molar-refractivity contribution is 0.0606. The molecule has 1 saturated heterocycles. The van der Waals surface area contributed by atoms with Gasteiger partial charge in [-0.1, -0.05) is 0 Å². The molecule has 1 amide bonds. The minimum atomic E-state index is -1.13. The number of fused-ring (bicyclic) bond motifs is 2. The molecule has 206 valence electrons. The van der Waals surface area contributed by atoms with Crippen molar-refractivity contribution < 1.29 is 23.8 Å². The van der Waals surface area contributed by atoms with E-state index < -0.39 is 6.17 Å². The Morgan fingerprint density at radius 2 is 1.97 bits per heavy atom. The van der Waals surface area contributed by atoms with Gasteiger partial charge in [0, 0.05) is 52.8 Å². The molecule has 0 unspecified atom stereocenters. The zero-order valence-electron chi connectivity index (χ0n) is 22.3. The minimum Gasteiger partial charge on any atom is -0.497 e. The van der Waals surface area contributed by atoms with Crippen LogP contribution in [0.5, 0.6) is 11.5 Å². The largest absolute Gasteiger partial charge is 0.497 e. The van der Waals surface area contributed by atoms with Gasteiger partial charge < -0.3 is 29.8 Å². The van der Waals surface area contributed by atoms with Crippen molar-refractivity contribution in [3.05, 3.63) is 47.5 Å². The first-order chi connectivity index (χ1) is 18.9. The van der Waals surface area contributed by atoms with Crippen LogP contribution in [-0.2, 0) is 13.0 Å². The quantitative estimate of drug-likeness (QED) is 0.322. The third kappa shape index (κ3) is 4.88. The van der Waals surface area contributed by atoms with Crippen LogP contribution in [0.3, 0.4) is 0 Å². The Balaban J connectivity index is 1.51. The maximum Gasteiger partial charge on any atom is 0.254 e. The summed E-state index contributed by atoms with van der Waals surface area (Å²) >= 11 is 1.60. The maximum absolute atomic E-state index is 14.2. The lowest BCUT2D eigenvalue weighted by atomic mass is 10.0. The van der Waals surface area contributed by atoms with E-state index in [2.05, 4.69) is 22.8 Å². The van der Waals surface area contributed by atoms with Crippen LogP contribution in [-0.4, -0.2) is 66.6 Å². The highest BCUT2D eigenvalue weighted by Crippen LogP contribution is 2.46. The highest BCUT2D eigenvalue weighted by atomic mass is 32.1. The molecule has 2 fully saturated rings. The van der Waals surface area contributed by atoms with Gasteiger partial charge in [-0.3, -0.25) is 4.79 Å². The number of alkyl halides is 1. The number of amides is 1. The van der Waals surface area contributed by atoms with E-state index in [1.54, 1.807) is 31.6 Å². The second-order valence-electron chi connectivity index (χ2n) is 10.7. The van der Waals surface area contributed by atoms with Gasteiger partial charge in [0.05, 0.1) is 36.9 Å². The molecule has 1 aliphatic heterocycles. The van der Waals surface area contributed by atoms with Crippen molar-refractivity contribution in [3.8, 4) is 22.1 Å². The van der Waals surface area contributed by atoms with Crippen molar-refractivity contribution in [2.24, 2.45) is 11.7 Å². The molecule has 1 saturated carbocycles. The number of rotatable bonds is 8. The van der Waals surface area contributed by atoms with Crippen LogP contribution in [0.2, 0.25) is 0 Å². The minimum absolute atomic E-state index is 0.0110. The van der Waals surface area contributed by atoms with Gasteiger partial charge in [-0.05, 0) is 67.5 Å². The van der Waals surface area contributed by atoms with Gasteiger partial charge in [-0.2, -0.15) is 0 Å². The average Bonchev–Trinajstić information content (AvgIpc) is 3.58. The average molecular weight is 552 g/mol. The number of aromatic nitrogens is 1. The van der Waals surface area contributed by atoms with Crippen molar-refractivity contribution in [2.75, 3.05) is 33.9 Å². The highest BCUT2D eigenvalue weighted by Gasteiger charge is 2.31. The van der Waals surface area contributed by atoms with Crippen molar-refractivity contribution >= 4 is 38.2 Å². The third-order valence-corrected chi connectivity index (χ3v) is 9.08. The molecule has 9 heteroatoms. The first-order valence-corrected chi connectivity index (χ1v) is 14.3. The number of nitrogens with zero attached hydrogens (tertiary/aromatic N) is 2. The normalized spacial score (nSPS) is 19.7. The van der Waals surface area contributed by atoms with Gasteiger partial charge >= 0.3 is 0 Å². The van der Waals surface area contributed by atoms with Crippen molar-refractivity contribution in [3.63, 3.8) is 0 Å². The third-order valence-electron chi connectivity index (χ3n) is 7.88. The molecular formula is C30H34FN3O4S. The Hall–Kier alpha value is -3.14. The number of piperidine rings is 1. The van der Waals surface area contributed by atoms with Crippen LogP contribution in [0.4, 0.5) is 4.39 Å². The lowest BCUT2D eigenvalue weighted by Crippen LogP contribution is -2.50. The number of benzene rings is 2. The summed E-state index contributed by atoms with van der Waals surface area (Å²) in [7, 11) is 3.27. The van der Waals surface area contributed by atoms with Crippen molar-refractivity contribution in [1.82, 2.24) is 9.47 Å². The van der Waals surface area contributed by atoms with E-state index in [1.807, 2.05) is 12.1 Å².